The van der Waals surface area contributed by atoms with Crippen LogP contribution in [0.1, 0.15) is 31.2 Å². The van der Waals surface area contributed by atoms with Crippen LogP contribution in [0.4, 0.5) is 4.39 Å². The first-order chi connectivity index (χ1) is 10.2. The van der Waals surface area contributed by atoms with Crippen LogP contribution in [0.25, 0.3) is 0 Å². The lowest BCUT2D eigenvalue weighted by Crippen LogP contribution is -2.52. The molecule has 3 aliphatic rings. The second-order valence-electron chi connectivity index (χ2n) is 6.65. The summed E-state index contributed by atoms with van der Waals surface area (Å²) in [6, 6.07) is 7.36. The standard InChI is InChI=1S/C17H21FN2O/c18-14-3-1-2-13(12-14)17(6-7-17)16(21)20-10-8-19(9-11-20)15-4-5-15/h1-3,12,15H,4-11H2. The van der Waals surface area contributed by atoms with Crippen LogP contribution in [0.15, 0.2) is 24.3 Å². The fourth-order valence-corrected chi connectivity index (χ4v) is 3.57. The number of hydrogen-bond donors (Lipinski definition) is 0. The lowest BCUT2D eigenvalue weighted by atomic mass is 9.94. The van der Waals surface area contributed by atoms with Gasteiger partial charge in [0.25, 0.3) is 0 Å². The molecular formula is C17H21FN2O. The Kier molecular flexibility index (Phi) is 3.03. The fraction of sp³-hybridized carbons (Fsp3) is 0.588. The van der Waals surface area contributed by atoms with E-state index in [9.17, 15) is 9.18 Å². The van der Waals surface area contributed by atoms with Gasteiger partial charge in [-0.05, 0) is 43.4 Å². The van der Waals surface area contributed by atoms with Gasteiger partial charge in [-0.15, -0.1) is 0 Å². The Morgan fingerprint density at radius 1 is 1.14 bits per heavy atom. The monoisotopic (exact) mass is 288 g/mol. The summed E-state index contributed by atoms with van der Waals surface area (Å²) in [6.07, 6.45) is 4.36. The molecule has 0 radical (unpaired) electrons. The van der Waals surface area contributed by atoms with Gasteiger partial charge in [0, 0.05) is 32.2 Å². The molecule has 1 amide bonds. The lowest BCUT2D eigenvalue weighted by Gasteiger charge is -2.36. The first kappa shape index (κ1) is 13.3. The first-order valence-corrected chi connectivity index (χ1v) is 7.98. The van der Waals surface area contributed by atoms with Gasteiger partial charge >= 0.3 is 0 Å². The molecule has 1 aromatic rings. The molecule has 3 nitrogen and oxygen atoms in total. The van der Waals surface area contributed by atoms with E-state index in [-0.39, 0.29) is 11.7 Å². The zero-order valence-electron chi connectivity index (χ0n) is 12.2. The van der Waals surface area contributed by atoms with Crippen molar-refractivity contribution in [3.05, 3.63) is 35.6 Å². The topological polar surface area (TPSA) is 23.6 Å². The number of piperazine rings is 1. The van der Waals surface area contributed by atoms with Gasteiger partial charge in [0.15, 0.2) is 0 Å². The third-order valence-electron chi connectivity index (χ3n) is 5.20. The Morgan fingerprint density at radius 3 is 2.43 bits per heavy atom. The molecule has 0 spiro atoms. The molecule has 0 N–H and O–H groups in total. The van der Waals surface area contributed by atoms with E-state index in [1.165, 1.54) is 25.0 Å². The maximum absolute atomic E-state index is 13.4. The van der Waals surface area contributed by atoms with Crippen molar-refractivity contribution in [2.45, 2.75) is 37.1 Å². The Balaban J connectivity index is 1.47. The second kappa shape index (κ2) is 4.80. The van der Waals surface area contributed by atoms with Crippen LogP contribution in [0, 0.1) is 5.82 Å². The molecule has 2 aliphatic carbocycles. The van der Waals surface area contributed by atoms with Gasteiger partial charge < -0.3 is 4.90 Å². The van der Waals surface area contributed by atoms with E-state index in [1.54, 1.807) is 6.07 Å². The lowest BCUT2D eigenvalue weighted by molar-refractivity contribution is -0.135. The molecule has 4 rings (SSSR count). The summed E-state index contributed by atoms with van der Waals surface area (Å²) in [4.78, 5) is 17.4. The Hall–Kier alpha value is -1.42. The Morgan fingerprint density at radius 2 is 1.86 bits per heavy atom. The number of benzene rings is 1. The largest absolute Gasteiger partial charge is 0.339 e. The Labute approximate surface area is 124 Å². The quantitative estimate of drug-likeness (QED) is 0.851. The highest BCUT2D eigenvalue weighted by atomic mass is 19.1. The molecule has 0 aromatic heterocycles. The number of hydrogen-bond acceptors (Lipinski definition) is 2. The van der Waals surface area contributed by atoms with Gasteiger partial charge in [0.1, 0.15) is 5.82 Å². The van der Waals surface area contributed by atoms with Crippen molar-refractivity contribution in [2.24, 2.45) is 0 Å². The molecule has 1 aromatic carbocycles. The van der Waals surface area contributed by atoms with E-state index >= 15 is 0 Å². The maximum Gasteiger partial charge on any atom is 0.233 e. The third-order valence-corrected chi connectivity index (χ3v) is 5.20. The summed E-state index contributed by atoms with van der Waals surface area (Å²) in [7, 11) is 0. The maximum atomic E-state index is 13.4. The number of amides is 1. The van der Waals surface area contributed by atoms with E-state index in [1.807, 2.05) is 11.0 Å². The number of carbonyl (C=O) groups excluding carboxylic acids is 1. The van der Waals surface area contributed by atoms with Crippen LogP contribution in [0.5, 0.6) is 0 Å². The zero-order valence-corrected chi connectivity index (χ0v) is 12.2. The molecule has 1 saturated heterocycles. The van der Waals surface area contributed by atoms with Crippen molar-refractivity contribution < 1.29 is 9.18 Å². The minimum atomic E-state index is -0.427. The molecule has 0 bridgehead atoms. The summed E-state index contributed by atoms with van der Waals surface area (Å²) < 4.78 is 13.4. The highest BCUT2D eigenvalue weighted by molar-refractivity contribution is 5.91. The summed E-state index contributed by atoms with van der Waals surface area (Å²) in [5, 5.41) is 0. The van der Waals surface area contributed by atoms with Crippen molar-refractivity contribution in [3.63, 3.8) is 0 Å². The number of halogens is 1. The molecule has 1 aliphatic heterocycles. The average Bonchev–Trinajstić information content (AvgIpc) is 3.40. The summed E-state index contributed by atoms with van der Waals surface area (Å²) in [5.74, 6) is -0.0336. The third kappa shape index (κ3) is 2.35. The van der Waals surface area contributed by atoms with E-state index in [4.69, 9.17) is 0 Å². The summed E-state index contributed by atoms with van der Waals surface area (Å²) >= 11 is 0. The molecule has 4 heteroatoms. The Bertz CT molecular complexity index is 558. The zero-order chi connectivity index (χ0) is 14.4. The van der Waals surface area contributed by atoms with Crippen LogP contribution in [0.3, 0.4) is 0 Å². The predicted molar refractivity (Wildman–Crippen MR) is 78.5 cm³/mol. The van der Waals surface area contributed by atoms with Crippen LogP contribution in [-0.2, 0) is 10.2 Å². The van der Waals surface area contributed by atoms with E-state index in [0.717, 1.165) is 50.6 Å². The van der Waals surface area contributed by atoms with Crippen LogP contribution < -0.4 is 0 Å². The summed E-state index contributed by atoms with van der Waals surface area (Å²) in [6.45, 7) is 3.64. The second-order valence-corrected chi connectivity index (χ2v) is 6.65. The van der Waals surface area contributed by atoms with Crippen LogP contribution >= 0.6 is 0 Å². The van der Waals surface area contributed by atoms with Gasteiger partial charge in [0.2, 0.25) is 5.91 Å². The van der Waals surface area contributed by atoms with Crippen molar-refractivity contribution in [1.82, 2.24) is 9.80 Å². The van der Waals surface area contributed by atoms with Gasteiger partial charge in [-0.1, -0.05) is 12.1 Å². The molecule has 2 saturated carbocycles. The fourth-order valence-electron chi connectivity index (χ4n) is 3.57. The van der Waals surface area contributed by atoms with E-state index in [2.05, 4.69) is 4.90 Å². The molecule has 3 fully saturated rings. The minimum Gasteiger partial charge on any atom is -0.339 e. The summed E-state index contributed by atoms with van der Waals surface area (Å²) in [5.41, 5.74) is 0.432. The molecule has 0 unspecified atom stereocenters. The van der Waals surface area contributed by atoms with Gasteiger partial charge in [-0.3, -0.25) is 9.69 Å². The molecule has 0 atom stereocenters. The van der Waals surface area contributed by atoms with Gasteiger partial charge in [-0.2, -0.15) is 0 Å². The van der Waals surface area contributed by atoms with E-state index in [0.29, 0.717) is 0 Å². The number of carbonyl (C=O) groups is 1. The number of rotatable bonds is 3. The highest BCUT2D eigenvalue weighted by Crippen LogP contribution is 2.49. The molecule has 112 valence electrons. The SMILES string of the molecule is O=C(N1CCN(C2CC2)CC1)C1(c2cccc(F)c2)CC1. The normalized spacial score (nSPS) is 24.9. The van der Waals surface area contributed by atoms with Crippen molar-refractivity contribution in [2.75, 3.05) is 26.2 Å². The highest BCUT2D eigenvalue weighted by Gasteiger charge is 2.53. The number of nitrogens with zero attached hydrogens (tertiary/aromatic N) is 2. The van der Waals surface area contributed by atoms with E-state index < -0.39 is 5.41 Å². The predicted octanol–water partition coefficient (Wildman–Crippen LogP) is 2.16. The molecule has 21 heavy (non-hydrogen) atoms. The van der Waals surface area contributed by atoms with Crippen molar-refractivity contribution >= 4 is 5.91 Å². The van der Waals surface area contributed by atoms with Crippen molar-refractivity contribution in [1.29, 1.82) is 0 Å². The van der Waals surface area contributed by atoms with Crippen LogP contribution in [0.2, 0.25) is 0 Å². The van der Waals surface area contributed by atoms with Crippen LogP contribution in [-0.4, -0.2) is 47.9 Å². The minimum absolute atomic E-state index is 0.212. The van der Waals surface area contributed by atoms with Gasteiger partial charge in [-0.25, -0.2) is 4.39 Å². The average molecular weight is 288 g/mol. The first-order valence-electron chi connectivity index (χ1n) is 7.98. The molecular weight excluding hydrogens is 267 g/mol. The smallest absolute Gasteiger partial charge is 0.233 e. The van der Waals surface area contributed by atoms with Gasteiger partial charge in [0.05, 0.1) is 5.41 Å². The molecule has 1 heterocycles. The van der Waals surface area contributed by atoms with Crippen molar-refractivity contribution in [3.8, 4) is 0 Å².